The minimum Gasteiger partial charge on any atom is -0.356 e. The van der Waals surface area contributed by atoms with E-state index >= 15 is 0 Å². The molecule has 1 heterocycles. The van der Waals surface area contributed by atoms with Gasteiger partial charge in [-0.1, -0.05) is 0 Å². The Labute approximate surface area is 131 Å². The monoisotopic (exact) mass is 356 g/mol. The van der Waals surface area contributed by atoms with E-state index in [1.165, 1.54) is 18.2 Å². The van der Waals surface area contributed by atoms with Crippen LogP contribution in [0.3, 0.4) is 0 Å². The Kier molecular flexibility index (Phi) is 5.33. The van der Waals surface area contributed by atoms with Gasteiger partial charge >= 0.3 is 0 Å². The van der Waals surface area contributed by atoms with Crippen LogP contribution < -0.4 is 5.32 Å². The fourth-order valence-corrected chi connectivity index (χ4v) is 2.85. The van der Waals surface area contributed by atoms with E-state index in [1.807, 2.05) is 6.92 Å². The molecular formula is C15H18BrFN2O2. The molecule has 1 saturated heterocycles. The van der Waals surface area contributed by atoms with Gasteiger partial charge in [0.05, 0.1) is 4.47 Å². The Morgan fingerprint density at radius 2 is 2.05 bits per heavy atom. The summed E-state index contributed by atoms with van der Waals surface area (Å²) in [5.74, 6) is -0.463. The number of halogens is 2. The molecule has 0 aromatic heterocycles. The summed E-state index contributed by atoms with van der Waals surface area (Å²) in [5.41, 5.74) is 0.458. The van der Waals surface area contributed by atoms with Crippen LogP contribution in [0.5, 0.6) is 0 Å². The van der Waals surface area contributed by atoms with E-state index in [9.17, 15) is 14.0 Å². The van der Waals surface area contributed by atoms with Crippen molar-refractivity contribution in [3.8, 4) is 0 Å². The molecule has 0 radical (unpaired) electrons. The van der Waals surface area contributed by atoms with Crippen LogP contribution in [0.25, 0.3) is 0 Å². The molecule has 1 aromatic rings. The predicted octanol–water partition coefficient (Wildman–Crippen LogP) is 2.58. The molecule has 0 aliphatic carbocycles. The van der Waals surface area contributed by atoms with Crippen LogP contribution in [0.2, 0.25) is 0 Å². The molecule has 6 heteroatoms. The number of likely N-dealkylation sites (tertiary alicyclic amines) is 1. The van der Waals surface area contributed by atoms with Crippen LogP contribution in [0.15, 0.2) is 22.7 Å². The molecule has 0 unspecified atom stereocenters. The normalized spacial score (nSPS) is 15.9. The standard InChI is InChI=1S/C15H18BrFN2O2/c1-2-18-14(20)10-5-7-19(8-6-10)15(21)11-3-4-13(17)12(16)9-11/h3-4,9-10H,2,5-8H2,1H3,(H,18,20). The van der Waals surface area contributed by atoms with Crippen LogP contribution >= 0.6 is 15.9 Å². The number of hydrogen-bond acceptors (Lipinski definition) is 2. The summed E-state index contributed by atoms with van der Waals surface area (Å²) in [5, 5.41) is 2.81. The number of piperidine rings is 1. The fraction of sp³-hybridized carbons (Fsp3) is 0.467. The average Bonchev–Trinajstić information content (AvgIpc) is 2.50. The molecule has 2 amide bonds. The molecular weight excluding hydrogens is 339 g/mol. The Hall–Kier alpha value is -1.43. The van der Waals surface area contributed by atoms with Crippen molar-refractivity contribution in [1.82, 2.24) is 10.2 Å². The smallest absolute Gasteiger partial charge is 0.253 e. The third kappa shape index (κ3) is 3.81. The number of nitrogens with one attached hydrogen (secondary N) is 1. The van der Waals surface area contributed by atoms with Crippen molar-refractivity contribution in [2.24, 2.45) is 5.92 Å². The van der Waals surface area contributed by atoms with Gasteiger partial charge in [-0.3, -0.25) is 9.59 Å². The number of nitrogens with zero attached hydrogens (tertiary/aromatic N) is 1. The first-order valence-electron chi connectivity index (χ1n) is 7.05. The highest BCUT2D eigenvalue weighted by molar-refractivity contribution is 9.10. The van der Waals surface area contributed by atoms with E-state index < -0.39 is 0 Å². The van der Waals surface area contributed by atoms with Crippen molar-refractivity contribution in [2.45, 2.75) is 19.8 Å². The summed E-state index contributed by atoms with van der Waals surface area (Å²) < 4.78 is 13.5. The lowest BCUT2D eigenvalue weighted by Gasteiger charge is -2.31. The SMILES string of the molecule is CCNC(=O)C1CCN(C(=O)c2ccc(F)c(Br)c2)CC1. The molecule has 0 spiro atoms. The van der Waals surface area contributed by atoms with Crippen molar-refractivity contribution < 1.29 is 14.0 Å². The summed E-state index contributed by atoms with van der Waals surface area (Å²) in [6.07, 6.45) is 1.33. The minimum absolute atomic E-state index is 0.0195. The van der Waals surface area contributed by atoms with E-state index in [-0.39, 0.29) is 28.0 Å². The van der Waals surface area contributed by atoms with Gasteiger partial charge in [-0.05, 0) is 53.9 Å². The third-order valence-corrected chi connectivity index (χ3v) is 4.28. The second-order valence-corrected chi connectivity index (χ2v) is 5.94. The lowest BCUT2D eigenvalue weighted by molar-refractivity contribution is -0.126. The maximum Gasteiger partial charge on any atom is 0.253 e. The van der Waals surface area contributed by atoms with Crippen LogP contribution in [-0.2, 0) is 4.79 Å². The minimum atomic E-state index is -0.388. The lowest BCUT2D eigenvalue weighted by atomic mass is 9.95. The van der Waals surface area contributed by atoms with Gasteiger partial charge in [-0.25, -0.2) is 4.39 Å². The van der Waals surface area contributed by atoms with Crippen LogP contribution in [0, 0.1) is 11.7 Å². The van der Waals surface area contributed by atoms with Crippen LogP contribution in [0.4, 0.5) is 4.39 Å². The summed E-state index contributed by atoms with van der Waals surface area (Å²) in [4.78, 5) is 25.8. The molecule has 2 rings (SSSR count). The van der Waals surface area contributed by atoms with E-state index in [4.69, 9.17) is 0 Å². The van der Waals surface area contributed by atoms with Crippen molar-refractivity contribution in [3.63, 3.8) is 0 Å². The number of rotatable bonds is 3. The Morgan fingerprint density at radius 3 is 2.62 bits per heavy atom. The van der Waals surface area contributed by atoms with Crippen LogP contribution in [0.1, 0.15) is 30.1 Å². The van der Waals surface area contributed by atoms with Gasteiger partial charge < -0.3 is 10.2 Å². The van der Waals surface area contributed by atoms with Gasteiger partial charge in [0.1, 0.15) is 5.82 Å². The third-order valence-electron chi connectivity index (χ3n) is 3.67. The molecule has 1 aromatic carbocycles. The van der Waals surface area contributed by atoms with Gasteiger partial charge in [0.25, 0.3) is 5.91 Å². The molecule has 1 N–H and O–H groups in total. The van der Waals surface area contributed by atoms with E-state index in [0.717, 1.165) is 0 Å². The molecule has 0 bridgehead atoms. The van der Waals surface area contributed by atoms with Crippen molar-refractivity contribution in [3.05, 3.63) is 34.1 Å². The Morgan fingerprint density at radius 1 is 1.38 bits per heavy atom. The van der Waals surface area contributed by atoms with Crippen molar-refractivity contribution in [1.29, 1.82) is 0 Å². The first-order valence-corrected chi connectivity index (χ1v) is 7.84. The zero-order chi connectivity index (χ0) is 15.4. The quantitative estimate of drug-likeness (QED) is 0.904. The molecule has 114 valence electrons. The van der Waals surface area contributed by atoms with Gasteiger partial charge in [0, 0.05) is 31.1 Å². The molecule has 0 atom stereocenters. The molecule has 1 aliphatic heterocycles. The molecule has 4 nitrogen and oxygen atoms in total. The van der Waals surface area contributed by atoms with Gasteiger partial charge in [-0.2, -0.15) is 0 Å². The highest BCUT2D eigenvalue weighted by atomic mass is 79.9. The summed E-state index contributed by atoms with van der Waals surface area (Å²) >= 11 is 3.09. The molecule has 0 saturated carbocycles. The lowest BCUT2D eigenvalue weighted by Crippen LogP contribution is -2.43. The number of carbonyl (C=O) groups excluding carboxylic acids is 2. The number of amides is 2. The first kappa shape index (κ1) is 15.9. The molecule has 21 heavy (non-hydrogen) atoms. The van der Waals surface area contributed by atoms with Crippen molar-refractivity contribution >= 4 is 27.7 Å². The number of carbonyl (C=O) groups is 2. The Bertz CT molecular complexity index is 542. The second kappa shape index (κ2) is 7.02. The van der Waals surface area contributed by atoms with Gasteiger partial charge in [0.15, 0.2) is 0 Å². The zero-order valence-electron chi connectivity index (χ0n) is 11.9. The summed E-state index contributed by atoms with van der Waals surface area (Å²) in [6.45, 7) is 3.62. The first-order chi connectivity index (χ1) is 10.0. The van der Waals surface area contributed by atoms with Crippen molar-refractivity contribution in [2.75, 3.05) is 19.6 Å². The van der Waals surface area contributed by atoms with E-state index in [0.29, 0.717) is 38.0 Å². The summed E-state index contributed by atoms with van der Waals surface area (Å²) in [7, 11) is 0. The second-order valence-electron chi connectivity index (χ2n) is 5.09. The predicted molar refractivity (Wildman–Crippen MR) is 81.4 cm³/mol. The van der Waals surface area contributed by atoms with E-state index in [2.05, 4.69) is 21.2 Å². The Balaban J connectivity index is 1.97. The molecule has 1 fully saturated rings. The average molecular weight is 357 g/mol. The maximum absolute atomic E-state index is 13.2. The summed E-state index contributed by atoms with van der Waals surface area (Å²) in [6, 6.07) is 4.25. The van der Waals surface area contributed by atoms with Gasteiger partial charge in [0.2, 0.25) is 5.91 Å². The van der Waals surface area contributed by atoms with E-state index in [1.54, 1.807) is 4.90 Å². The largest absolute Gasteiger partial charge is 0.356 e. The zero-order valence-corrected chi connectivity index (χ0v) is 13.5. The highest BCUT2D eigenvalue weighted by Crippen LogP contribution is 2.22. The number of benzene rings is 1. The maximum atomic E-state index is 13.2. The number of hydrogen-bond donors (Lipinski definition) is 1. The molecule has 1 aliphatic rings. The van der Waals surface area contributed by atoms with Crippen LogP contribution in [-0.4, -0.2) is 36.3 Å². The fourth-order valence-electron chi connectivity index (χ4n) is 2.48. The topological polar surface area (TPSA) is 49.4 Å². The highest BCUT2D eigenvalue weighted by Gasteiger charge is 2.27. The van der Waals surface area contributed by atoms with Gasteiger partial charge in [-0.15, -0.1) is 0 Å².